The summed E-state index contributed by atoms with van der Waals surface area (Å²) in [5.41, 5.74) is 5.35. The second kappa shape index (κ2) is 9.44. The van der Waals surface area contributed by atoms with Gasteiger partial charge in [0.15, 0.2) is 0 Å². The molecule has 7 nitrogen and oxygen atoms in total. The normalized spacial score (nSPS) is 12.3. The number of pyridine rings is 1. The Hall–Kier alpha value is -3.04. The minimum absolute atomic E-state index is 0. The number of aromatic nitrogens is 3. The largest absolute Gasteiger partial charge is 0.416 e. The zero-order chi connectivity index (χ0) is 23.6. The monoisotopic (exact) mass is 466 g/mol. The maximum atomic E-state index is 10.4. The lowest BCUT2D eigenvalue weighted by Crippen LogP contribution is -2.10. The Morgan fingerprint density at radius 2 is 1.58 bits per heavy atom. The van der Waals surface area contributed by atoms with Crippen LogP contribution in [-0.2, 0) is 6.54 Å². The first-order chi connectivity index (χ1) is 15.8. The third-order valence-corrected chi connectivity index (χ3v) is 7.80. The lowest BCUT2D eigenvalue weighted by molar-refractivity contribution is 0.476. The van der Waals surface area contributed by atoms with Crippen molar-refractivity contribution < 1.29 is 14.9 Å². The van der Waals surface area contributed by atoms with Crippen molar-refractivity contribution in [3.8, 4) is 34.0 Å². The standard InChI is InChI=1S/C25H28N4O3S.H2/c1-16(2)33(30,31)22-11-9-19(10-12-22)21-13-23(17(3)27-15-21)25-29-28-24(32-25)20-7-5-18(6-8-20)14-26-4;/h5-13,15-16,26,30-31H,14H2,1-4H3;1H. The zero-order valence-corrected chi connectivity index (χ0v) is 19.9. The molecule has 2 heterocycles. The van der Waals surface area contributed by atoms with E-state index in [4.69, 9.17) is 4.42 Å². The summed E-state index contributed by atoms with van der Waals surface area (Å²) in [5.74, 6) is 0.857. The van der Waals surface area contributed by atoms with Crippen LogP contribution in [0.15, 0.2) is 70.1 Å². The Kier molecular flexibility index (Phi) is 6.62. The molecular weight excluding hydrogens is 436 g/mol. The third kappa shape index (κ3) is 4.84. The van der Waals surface area contributed by atoms with E-state index in [1.165, 1.54) is 5.56 Å². The van der Waals surface area contributed by atoms with Gasteiger partial charge in [-0.25, -0.2) is 0 Å². The highest BCUT2D eigenvalue weighted by molar-refractivity contribution is 8.24. The molecule has 2 aromatic carbocycles. The van der Waals surface area contributed by atoms with E-state index in [9.17, 15) is 9.11 Å². The molecule has 0 radical (unpaired) electrons. The first-order valence-electron chi connectivity index (χ1n) is 10.7. The highest BCUT2D eigenvalue weighted by atomic mass is 32.3. The highest BCUT2D eigenvalue weighted by Gasteiger charge is 2.20. The molecule has 0 amide bonds. The van der Waals surface area contributed by atoms with Gasteiger partial charge in [0.2, 0.25) is 11.8 Å². The third-order valence-electron chi connectivity index (χ3n) is 5.52. The first kappa shape index (κ1) is 23.1. The maximum absolute atomic E-state index is 10.4. The summed E-state index contributed by atoms with van der Waals surface area (Å²) in [6, 6.07) is 17.2. The van der Waals surface area contributed by atoms with Gasteiger partial charge in [0.1, 0.15) is 0 Å². The number of nitrogens with one attached hydrogen (secondary N) is 1. The van der Waals surface area contributed by atoms with Gasteiger partial charge in [-0.2, -0.15) is 10.6 Å². The molecule has 0 bridgehead atoms. The molecule has 3 N–H and O–H groups in total. The summed E-state index contributed by atoms with van der Waals surface area (Å²) >= 11 is 0. The van der Waals surface area contributed by atoms with Crippen molar-refractivity contribution in [2.75, 3.05) is 7.05 Å². The van der Waals surface area contributed by atoms with Gasteiger partial charge >= 0.3 is 0 Å². The van der Waals surface area contributed by atoms with Crippen molar-refractivity contribution in [2.45, 2.75) is 37.5 Å². The summed E-state index contributed by atoms with van der Waals surface area (Å²) in [6.45, 7) is 6.30. The minimum atomic E-state index is -2.82. The van der Waals surface area contributed by atoms with Crippen molar-refractivity contribution in [1.82, 2.24) is 20.5 Å². The number of nitrogens with zero attached hydrogens (tertiary/aromatic N) is 3. The van der Waals surface area contributed by atoms with Gasteiger partial charge in [-0.1, -0.05) is 24.3 Å². The molecule has 0 atom stereocenters. The van der Waals surface area contributed by atoms with Crippen LogP contribution in [0.25, 0.3) is 34.0 Å². The fourth-order valence-corrected chi connectivity index (χ4v) is 4.53. The van der Waals surface area contributed by atoms with Gasteiger partial charge < -0.3 is 9.73 Å². The van der Waals surface area contributed by atoms with Gasteiger partial charge in [0.25, 0.3) is 0 Å². The lowest BCUT2D eigenvalue weighted by Gasteiger charge is -2.36. The Labute approximate surface area is 196 Å². The van der Waals surface area contributed by atoms with Crippen LogP contribution >= 0.6 is 10.6 Å². The predicted molar refractivity (Wildman–Crippen MR) is 134 cm³/mol. The van der Waals surface area contributed by atoms with Crippen LogP contribution in [0.1, 0.15) is 26.5 Å². The van der Waals surface area contributed by atoms with Crippen LogP contribution in [0.2, 0.25) is 0 Å². The quantitative estimate of drug-likeness (QED) is 0.295. The van der Waals surface area contributed by atoms with E-state index in [-0.39, 0.29) is 6.68 Å². The Balaban J connectivity index is 0.00000324. The summed E-state index contributed by atoms with van der Waals surface area (Å²) < 4.78 is 26.8. The highest BCUT2D eigenvalue weighted by Crippen LogP contribution is 2.52. The van der Waals surface area contributed by atoms with Crippen molar-refractivity contribution >= 4 is 10.6 Å². The van der Waals surface area contributed by atoms with E-state index in [0.29, 0.717) is 16.7 Å². The summed E-state index contributed by atoms with van der Waals surface area (Å²) in [4.78, 5) is 5.05. The molecule has 0 fully saturated rings. The average molecular weight is 467 g/mol. The van der Waals surface area contributed by atoms with Crippen LogP contribution in [0, 0.1) is 6.92 Å². The fourth-order valence-electron chi connectivity index (χ4n) is 3.45. The molecule has 0 saturated carbocycles. The second-order valence-corrected chi connectivity index (χ2v) is 10.8. The van der Waals surface area contributed by atoms with E-state index >= 15 is 0 Å². The molecule has 0 aliphatic rings. The fraction of sp³-hybridized carbons (Fsp3) is 0.240. The molecule has 4 aromatic rings. The number of benzene rings is 2. The van der Waals surface area contributed by atoms with Gasteiger partial charge in [0.05, 0.1) is 10.5 Å². The first-order valence-corrected chi connectivity index (χ1v) is 12.3. The van der Waals surface area contributed by atoms with Gasteiger partial charge in [0, 0.05) is 36.2 Å². The second-order valence-electron chi connectivity index (χ2n) is 8.16. The topological polar surface area (TPSA) is 104 Å². The molecule has 0 aliphatic carbocycles. The van der Waals surface area contributed by atoms with Gasteiger partial charge in [-0.15, -0.1) is 10.2 Å². The van der Waals surface area contributed by atoms with Crippen molar-refractivity contribution in [2.24, 2.45) is 0 Å². The SMILES string of the molecule is CNCc1ccc(-c2nnc(-c3cc(-c4ccc(S(O)(O)C(C)C)cc4)cnc3C)o2)cc1.[HH]. The van der Waals surface area contributed by atoms with E-state index in [2.05, 4.69) is 20.5 Å². The van der Waals surface area contributed by atoms with Crippen LogP contribution in [0.5, 0.6) is 0 Å². The van der Waals surface area contributed by atoms with E-state index in [0.717, 1.165) is 34.5 Å². The minimum Gasteiger partial charge on any atom is -0.416 e. The summed E-state index contributed by atoms with van der Waals surface area (Å²) in [5, 5.41) is 11.4. The van der Waals surface area contributed by atoms with E-state index in [1.54, 1.807) is 32.2 Å². The number of hydrogen-bond acceptors (Lipinski definition) is 7. The molecule has 8 heteroatoms. The van der Waals surface area contributed by atoms with Crippen molar-refractivity contribution in [3.05, 3.63) is 72.1 Å². The Morgan fingerprint density at radius 1 is 0.939 bits per heavy atom. The summed E-state index contributed by atoms with van der Waals surface area (Å²) in [6.07, 6.45) is 1.78. The molecule has 33 heavy (non-hydrogen) atoms. The molecule has 4 rings (SSSR count). The van der Waals surface area contributed by atoms with Crippen LogP contribution < -0.4 is 5.32 Å². The van der Waals surface area contributed by atoms with Crippen LogP contribution in [0.4, 0.5) is 0 Å². The predicted octanol–water partition coefficient (Wildman–Crippen LogP) is 6.26. The molecule has 0 saturated heterocycles. The smallest absolute Gasteiger partial charge is 0.250 e. The maximum Gasteiger partial charge on any atom is 0.250 e. The number of aryl methyl sites for hydroxylation is 1. The number of rotatable bonds is 7. The van der Waals surface area contributed by atoms with Gasteiger partial charge in [-0.3, -0.25) is 14.1 Å². The average Bonchev–Trinajstić information content (AvgIpc) is 3.30. The van der Waals surface area contributed by atoms with Crippen LogP contribution in [-0.4, -0.2) is 36.6 Å². The molecule has 0 spiro atoms. The Morgan fingerprint density at radius 3 is 2.21 bits per heavy atom. The Bertz CT molecular complexity index is 1240. The van der Waals surface area contributed by atoms with E-state index < -0.39 is 10.6 Å². The van der Waals surface area contributed by atoms with Gasteiger partial charge in [-0.05, 0) is 69.3 Å². The summed E-state index contributed by atoms with van der Waals surface area (Å²) in [7, 11) is -0.903. The van der Waals surface area contributed by atoms with E-state index in [1.807, 2.05) is 56.4 Å². The number of hydrogen-bond donors (Lipinski definition) is 3. The van der Waals surface area contributed by atoms with Crippen molar-refractivity contribution in [1.29, 1.82) is 0 Å². The lowest BCUT2D eigenvalue weighted by atomic mass is 10.0. The van der Waals surface area contributed by atoms with Crippen molar-refractivity contribution in [3.63, 3.8) is 0 Å². The molecule has 0 unspecified atom stereocenters. The molecule has 174 valence electrons. The molecule has 2 aromatic heterocycles. The zero-order valence-electron chi connectivity index (χ0n) is 19.1. The molecule has 0 aliphatic heterocycles. The van der Waals surface area contributed by atoms with Crippen LogP contribution in [0.3, 0.4) is 0 Å². The molecular formula is C25H30N4O3S.